The van der Waals surface area contributed by atoms with E-state index in [0.717, 1.165) is 5.92 Å². The van der Waals surface area contributed by atoms with Crippen molar-refractivity contribution in [3.63, 3.8) is 0 Å². The standard InChI is InChI=1S/C8H17N/c1-6-5-8(6,9)7(2,3)4/h6H,5,9H2,1-4H3. The maximum atomic E-state index is 6.07. The fourth-order valence-corrected chi connectivity index (χ4v) is 1.49. The van der Waals surface area contributed by atoms with Crippen molar-refractivity contribution in [2.45, 2.75) is 39.7 Å². The fraction of sp³-hybridized carbons (Fsp3) is 1.00. The number of rotatable bonds is 0. The normalized spacial score (nSPS) is 43.0. The largest absolute Gasteiger partial charge is 0.324 e. The van der Waals surface area contributed by atoms with Gasteiger partial charge in [-0.1, -0.05) is 27.7 Å². The van der Waals surface area contributed by atoms with Crippen LogP contribution < -0.4 is 5.73 Å². The van der Waals surface area contributed by atoms with Crippen LogP contribution in [0, 0.1) is 11.3 Å². The molecule has 0 aromatic heterocycles. The van der Waals surface area contributed by atoms with Gasteiger partial charge in [0.1, 0.15) is 0 Å². The minimum Gasteiger partial charge on any atom is -0.324 e. The highest BCUT2D eigenvalue weighted by atomic mass is 14.9. The summed E-state index contributed by atoms with van der Waals surface area (Å²) in [4.78, 5) is 0. The molecule has 54 valence electrons. The van der Waals surface area contributed by atoms with E-state index in [1.54, 1.807) is 0 Å². The van der Waals surface area contributed by atoms with Crippen LogP contribution in [0.4, 0.5) is 0 Å². The van der Waals surface area contributed by atoms with Crippen molar-refractivity contribution in [1.29, 1.82) is 0 Å². The third-order valence-electron chi connectivity index (χ3n) is 2.76. The second-order valence-electron chi connectivity index (χ2n) is 4.40. The molecule has 0 heterocycles. The molecule has 1 aliphatic rings. The van der Waals surface area contributed by atoms with Crippen molar-refractivity contribution >= 4 is 0 Å². The molecule has 0 amide bonds. The van der Waals surface area contributed by atoms with Crippen LogP contribution in [0.3, 0.4) is 0 Å². The molecule has 2 N–H and O–H groups in total. The van der Waals surface area contributed by atoms with Gasteiger partial charge in [0.2, 0.25) is 0 Å². The highest BCUT2D eigenvalue weighted by molar-refractivity contribution is 5.12. The highest BCUT2D eigenvalue weighted by Gasteiger charge is 2.55. The number of hydrogen-bond acceptors (Lipinski definition) is 1. The Kier molecular flexibility index (Phi) is 1.19. The second-order valence-corrected chi connectivity index (χ2v) is 4.40. The lowest BCUT2D eigenvalue weighted by molar-refractivity contribution is 0.284. The van der Waals surface area contributed by atoms with Gasteiger partial charge in [-0.15, -0.1) is 0 Å². The summed E-state index contributed by atoms with van der Waals surface area (Å²) in [6, 6.07) is 0. The van der Waals surface area contributed by atoms with Crippen LogP contribution in [-0.4, -0.2) is 5.54 Å². The summed E-state index contributed by atoms with van der Waals surface area (Å²) < 4.78 is 0. The molecule has 0 radical (unpaired) electrons. The predicted octanol–water partition coefficient (Wildman–Crippen LogP) is 1.77. The molecule has 1 rings (SSSR count). The zero-order chi connectivity index (χ0) is 7.28. The third-order valence-corrected chi connectivity index (χ3v) is 2.76. The highest BCUT2D eigenvalue weighted by Crippen LogP contribution is 2.52. The first-order valence-electron chi connectivity index (χ1n) is 3.67. The van der Waals surface area contributed by atoms with E-state index in [1.165, 1.54) is 6.42 Å². The van der Waals surface area contributed by atoms with Crippen LogP contribution in [0.25, 0.3) is 0 Å². The summed E-state index contributed by atoms with van der Waals surface area (Å²) in [6.07, 6.45) is 1.20. The molecule has 9 heavy (non-hydrogen) atoms. The lowest BCUT2D eigenvalue weighted by atomic mass is 9.83. The van der Waals surface area contributed by atoms with E-state index in [2.05, 4.69) is 27.7 Å². The van der Waals surface area contributed by atoms with E-state index >= 15 is 0 Å². The molecule has 0 aromatic carbocycles. The third kappa shape index (κ3) is 0.877. The van der Waals surface area contributed by atoms with Crippen molar-refractivity contribution in [3.05, 3.63) is 0 Å². The molecule has 0 saturated heterocycles. The number of nitrogens with two attached hydrogens (primary N) is 1. The molecule has 2 unspecified atom stereocenters. The summed E-state index contributed by atoms with van der Waals surface area (Å²) >= 11 is 0. The molecule has 0 aliphatic heterocycles. The van der Waals surface area contributed by atoms with E-state index in [-0.39, 0.29) is 5.54 Å². The van der Waals surface area contributed by atoms with Gasteiger partial charge < -0.3 is 5.73 Å². The van der Waals surface area contributed by atoms with Gasteiger partial charge in [0.25, 0.3) is 0 Å². The first-order valence-corrected chi connectivity index (χ1v) is 3.67. The summed E-state index contributed by atoms with van der Waals surface area (Å²) in [5.74, 6) is 0.734. The van der Waals surface area contributed by atoms with E-state index in [4.69, 9.17) is 5.73 Å². The molecule has 1 nitrogen and oxygen atoms in total. The lowest BCUT2D eigenvalue weighted by Gasteiger charge is -2.27. The average molecular weight is 127 g/mol. The van der Waals surface area contributed by atoms with Gasteiger partial charge in [-0.05, 0) is 17.8 Å². The molecule has 1 saturated carbocycles. The molecule has 1 aliphatic carbocycles. The SMILES string of the molecule is CC1CC1(N)C(C)(C)C. The van der Waals surface area contributed by atoms with Crippen LogP contribution in [0.2, 0.25) is 0 Å². The zero-order valence-corrected chi connectivity index (χ0v) is 6.86. The first-order chi connectivity index (χ1) is 3.88. The van der Waals surface area contributed by atoms with E-state index in [1.807, 2.05) is 0 Å². The van der Waals surface area contributed by atoms with Crippen molar-refractivity contribution < 1.29 is 0 Å². The van der Waals surface area contributed by atoms with Crippen molar-refractivity contribution in [3.8, 4) is 0 Å². The van der Waals surface area contributed by atoms with Gasteiger partial charge in [0, 0.05) is 5.54 Å². The quantitative estimate of drug-likeness (QED) is 0.527. The molecule has 0 bridgehead atoms. The molecule has 0 aromatic rings. The summed E-state index contributed by atoms with van der Waals surface area (Å²) in [6.45, 7) is 8.88. The van der Waals surface area contributed by atoms with E-state index < -0.39 is 0 Å². The zero-order valence-electron chi connectivity index (χ0n) is 6.86. The minimum absolute atomic E-state index is 0.146. The fourth-order valence-electron chi connectivity index (χ4n) is 1.49. The van der Waals surface area contributed by atoms with Crippen molar-refractivity contribution in [1.82, 2.24) is 0 Å². The Hall–Kier alpha value is -0.0400. The van der Waals surface area contributed by atoms with Crippen LogP contribution in [0.15, 0.2) is 0 Å². The van der Waals surface area contributed by atoms with Gasteiger partial charge in [0.15, 0.2) is 0 Å². The molecule has 1 heteroatoms. The monoisotopic (exact) mass is 127 g/mol. The molecular weight excluding hydrogens is 110 g/mol. The summed E-state index contributed by atoms with van der Waals surface area (Å²) in [5.41, 5.74) is 6.51. The molecule has 1 fully saturated rings. The number of hydrogen-bond donors (Lipinski definition) is 1. The molecule has 2 atom stereocenters. The van der Waals surface area contributed by atoms with Crippen molar-refractivity contribution in [2.24, 2.45) is 17.1 Å². The van der Waals surface area contributed by atoms with Crippen LogP contribution in [0.1, 0.15) is 34.1 Å². The lowest BCUT2D eigenvalue weighted by Crippen LogP contribution is -2.39. The Labute approximate surface area is 57.6 Å². The molecular formula is C8H17N. The first kappa shape index (κ1) is 7.07. The van der Waals surface area contributed by atoms with Gasteiger partial charge >= 0.3 is 0 Å². The van der Waals surface area contributed by atoms with Gasteiger partial charge in [-0.3, -0.25) is 0 Å². The van der Waals surface area contributed by atoms with Crippen molar-refractivity contribution in [2.75, 3.05) is 0 Å². The van der Waals surface area contributed by atoms with Crippen LogP contribution in [0.5, 0.6) is 0 Å². The topological polar surface area (TPSA) is 26.0 Å². The molecule has 0 spiro atoms. The minimum atomic E-state index is 0.146. The predicted molar refractivity (Wildman–Crippen MR) is 40.2 cm³/mol. The van der Waals surface area contributed by atoms with Gasteiger partial charge in [0.05, 0.1) is 0 Å². The Morgan fingerprint density at radius 1 is 1.44 bits per heavy atom. The van der Waals surface area contributed by atoms with E-state index in [9.17, 15) is 0 Å². The maximum absolute atomic E-state index is 6.07. The van der Waals surface area contributed by atoms with Crippen LogP contribution >= 0.6 is 0 Å². The Bertz CT molecular complexity index is 123. The summed E-state index contributed by atoms with van der Waals surface area (Å²) in [7, 11) is 0. The summed E-state index contributed by atoms with van der Waals surface area (Å²) in [5, 5.41) is 0. The van der Waals surface area contributed by atoms with Gasteiger partial charge in [-0.25, -0.2) is 0 Å². The maximum Gasteiger partial charge on any atom is 0.0233 e. The second kappa shape index (κ2) is 1.51. The van der Waals surface area contributed by atoms with Crippen LogP contribution in [-0.2, 0) is 0 Å². The Morgan fingerprint density at radius 2 is 1.78 bits per heavy atom. The Balaban J connectivity index is 2.64. The Morgan fingerprint density at radius 3 is 1.78 bits per heavy atom. The average Bonchev–Trinajstić information content (AvgIpc) is 2.13. The smallest absolute Gasteiger partial charge is 0.0233 e. The van der Waals surface area contributed by atoms with Gasteiger partial charge in [-0.2, -0.15) is 0 Å². The van der Waals surface area contributed by atoms with E-state index in [0.29, 0.717) is 5.41 Å².